The minimum Gasteiger partial charge on any atom is -0.358 e. The van der Waals surface area contributed by atoms with Crippen molar-refractivity contribution in [1.29, 1.82) is 0 Å². The number of hydrogen-bond acceptors (Lipinski definition) is 2. The third-order valence-electron chi connectivity index (χ3n) is 5.82. The summed E-state index contributed by atoms with van der Waals surface area (Å²) in [6.45, 7) is 4.64. The van der Waals surface area contributed by atoms with E-state index in [4.69, 9.17) is 0 Å². The van der Waals surface area contributed by atoms with Gasteiger partial charge < -0.3 is 5.32 Å². The van der Waals surface area contributed by atoms with Gasteiger partial charge in [0.2, 0.25) is 0 Å². The molecule has 1 nitrogen and oxygen atoms in total. The minimum absolute atomic E-state index is 0.457. The molecule has 1 N–H and O–H groups in total. The molecule has 2 aliphatic rings. The average Bonchev–Trinajstić information content (AvgIpc) is 2.73. The van der Waals surface area contributed by atoms with E-state index in [1.807, 2.05) is 11.8 Å². The Balaban J connectivity index is 1.44. The fourth-order valence-corrected chi connectivity index (χ4v) is 5.02. The second-order valence-corrected chi connectivity index (χ2v) is 8.77. The smallest absolute Gasteiger partial charge is 0.0382 e. The van der Waals surface area contributed by atoms with Crippen molar-refractivity contribution in [1.82, 2.24) is 0 Å². The van der Waals surface area contributed by atoms with Crippen LogP contribution in [0.5, 0.6) is 0 Å². The van der Waals surface area contributed by atoms with E-state index in [0.717, 1.165) is 12.2 Å². The van der Waals surface area contributed by atoms with Crippen LogP contribution in [0.2, 0.25) is 0 Å². The van der Waals surface area contributed by atoms with E-state index >= 15 is 0 Å². The zero-order valence-corrected chi connectivity index (χ0v) is 17.6. The van der Waals surface area contributed by atoms with E-state index < -0.39 is 0 Å². The fourth-order valence-electron chi connectivity index (χ4n) is 4.13. The van der Waals surface area contributed by atoms with Crippen LogP contribution in [0, 0.1) is 0 Å². The molecule has 2 unspecified atom stereocenters. The Morgan fingerprint density at radius 1 is 1.04 bits per heavy atom. The minimum atomic E-state index is 0.457. The van der Waals surface area contributed by atoms with Crippen molar-refractivity contribution < 1.29 is 0 Å². The zero-order chi connectivity index (χ0) is 19.3. The third kappa shape index (κ3) is 4.44. The molecular weight excluding hydrogens is 358 g/mol. The predicted octanol–water partition coefficient (Wildman–Crippen LogP) is 7.76. The molecule has 0 spiro atoms. The Morgan fingerprint density at radius 3 is 2.64 bits per heavy atom. The molecule has 0 bridgehead atoms. The monoisotopic (exact) mass is 387 g/mol. The second-order valence-electron chi connectivity index (χ2n) is 7.91. The van der Waals surface area contributed by atoms with E-state index in [-0.39, 0.29) is 0 Å². The Morgan fingerprint density at radius 2 is 1.86 bits per heavy atom. The van der Waals surface area contributed by atoms with E-state index in [2.05, 4.69) is 91.3 Å². The number of anilines is 1. The van der Waals surface area contributed by atoms with Crippen molar-refractivity contribution in [2.45, 2.75) is 50.7 Å². The predicted molar refractivity (Wildman–Crippen MR) is 124 cm³/mol. The number of thioether (sulfide) groups is 1. The highest BCUT2D eigenvalue weighted by Crippen LogP contribution is 2.34. The van der Waals surface area contributed by atoms with Gasteiger partial charge in [0.1, 0.15) is 0 Å². The molecule has 144 valence electrons. The van der Waals surface area contributed by atoms with E-state index in [1.165, 1.54) is 46.5 Å². The maximum atomic E-state index is 3.67. The Labute approximate surface area is 173 Å². The van der Waals surface area contributed by atoms with Crippen LogP contribution < -0.4 is 5.32 Å². The van der Waals surface area contributed by atoms with Gasteiger partial charge in [-0.2, -0.15) is 0 Å². The summed E-state index contributed by atoms with van der Waals surface area (Å²) in [6, 6.07) is 17.9. The highest BCUT2D eigenvalue weighted by molar-refractivity contribution is 8.01. The Bertz CT molecular complexity index is 904. The largest absolute Gasteiger partial charge is 0.358 e. The lowest BCUT2D eigenvalue weighted by atomic mass is 9.89. The van der Waals surface area contributed by atoms with Crippen LogP contribution in [0.15, 0.2) is 83.4 Å². The van der Waals surface area contributed by atoms with Crippen molar-refractivity contribution in [3.63, 3.8) is 0 Å². The summed E-state index contributed by atoms with van der Waals surface area (Å²) in [4.78, 5) is 0. The van der Waals surface area contributed by atoms with Gasteiger partial charge >= 0.3 is 0 Å². The summed E-state index contributed by atoms with van der Waals surface area (Å²) in [5.41, 5.74) is 8.27. The summed E-state index contributed by atoms with van der Waals surface area (Å²) in [5, 5.41) is 5.97. The van der Waals surface area contributed by atoms with Crippen molar-refractivity contribution in [3.8, 4) is 0 Å². The molecule has 1 aliphatic carbocycles. The maximum Gasteiger partial charge on any atom is 0.0382 e. The van der Waals surface area contributed by atoms with E-state index in [9.17, 15) is 0 Å². The Hall–Kier alpha value is -2.19. The summed E-state index contributed by atoms with van der Waals surface area (Å²) in [7, 11) is 0. The van der Waals surface area contributed by atoms with Gasteiger partial charge in [-0.15, -0.1) is 11.8 Å². The average molecular weight is 388 g/mol. The molecule has 4 rings (SSSR count). The lowest BCUT2D eigenvalue weighted by Gasteiger charge is -2.22. The first-order valence-electron chi connectivity index (χ1n) is 10.3. The lowest BCUT2D eigenvalue weighted by Crippen LogP contribution is -2.08. The van der Waals surface area contributed by atoms with Gasteiger partial charge in [0.05, 0.1) is 0 Å². The van der Waals surface area contributed by atoms with Gasteiger partial charge in [0.15, 0.2) is 0 Å². The number of rotatable bonds is 4. The first kappa shape index (κ1) is 19.1. The molecule has 0 saturated heterocycles. The summed E-state index contributed by atoms with van der Waals surface area (Å²) < 4.78 is 0. The van der Waals surface area contributed by atoms with Crippen LogP contribution in [0.1, 0.15) is 61.6 Å². The third-order valence-corrected chi connectivity index (χ3v) is 6.74. The normalized spacial score (nSPS) is 22.1. The molecule has 0 radical (unpaired) electrons. The molecule has 1 aliphatic heterocycles. The van der Waals surface area contributed by atoms with Gasteiger partial charge in [-0.25, -0.2) is 0 Å². The highest BCUT2D eigenvalue weighted by atomic mass is 32.2. The zero-order valence-electron chi connectivity index (χ0n) is 16.8. The molecule has 0 aromatic heterocycles. The highest BCUT2D eigenvalue weighted by Gasteiger charge is 2.16. The summed E-state index contributed by atoms with van der Waals surface area (Å²) in [5.74, 6) is 2.03. The number of benzene rings is 2. The first-order valence-corrected chi connectivity index (χ1v) is 11.4. The van der Waals surface area contributed by atoms with Gasteiger partial charge in [0, 0.05) is 23.1 Å². The van der Waals surface area contributed by atoms with Crippen LogP contribution >= 0.6 is 11.8 Å². The van der Waals surface area contributed by atoms with Crippen LogP contribution in [-0.2, 0) is 5.75 Å². The topological polar surface area (TPSA) is 12.0 Å². The molecule has 2 aromatic carbocycles. The molecule has 0 saturated carbocycles. The lowest BCUT2D eigenvalue weighted by molar-refractivity contribution is 0.747. The summed E-state index contributed by atoms with van der Waals surface area (Å²) >= 11 is 1.89. The van der Waals surface area contributed by atoms with Gasteiger partial charge in [-0.3, -0.25) is 0 Å². The van der Waals surface area contributed by atoms with Crippen molar-refractivity contribution in [3.05, 3.63) is 100 Å². The standard InChI is InChI=1S/C26H29NS/c1-19-16-25(18-28-17-23-10-6-7-11-26(19)23)27-24-14-12-22(13-15-24)20(2)21-8-4-3-5-9-21/h4,6-15,18-20,27H,3,5,16-17H2,1-2H3/b25-18+. The molecule has 2 heteroatoms. The summed E-state index contributed by atoms with van der Waals surface area (Å²) in [6.07, 6.45) is 10.3. The SMILES string of the molecule is CC1C/C(Nc2ccc(C(C)C3=CCCC=C3)cc2)=C\SCc2ccccc21. The Kier molecular flexibility index (Phi) is 6.07. The molecule has 2 aromatic rings. The van der Waals surface area contributed by atoms with Crippen molar-refractivity contribution >= 4 is 17.4 Å². The molecule has 2 atom stereocenters. The van der Waals surface area contributed by atoms with Gasteiger partial charge in [-0.1, -0.05) is 68.5 Å². The quantitative estimate of drug-likeness (QED) is 0.575. The van der Waals surface area contributed by atoms with Crippen molar-refractivity contribution in [2.75, 3.05) is 5.32 Å². The molecule has 1 heterocycles. The number of allylic oxidation sites excluding steroid dienone is 5. The van der Waals surface area contributed by atoms with Gasteiger partial charge in [-0.05, 0) is 65.0 Å². The molecule has 28 heavy (non-hydrogen) atoms. The number of fused-ring (bicyclic) bond motifs is 1. The molecule has 0 fully saturated rings. The number of nitrogens with one attached hydrogen (secondary N) is 1. The van der Waals surface area contributed by atoms with Crippen molar-refractivity contribution in [2.24, 2.45) is 0 Å². The fraction of sp³-hybridized carbons (Fsp3) is 0.308. The second kappa shape index (κ2) is 8.87. The van der Waals surface area contributed by atoms with E-state index in [1.54, 1.807) is 0 Å². The number of hydrogen-bond donors (Lipinski definition) is 1. The van der Waals surface area contributed by atoms with Crippen LogP contribution in [0.3, 0.4) is 0 Å². The maximum absolute atomic E-state index is 3.67. The van der Waals surface area contributed by atoms with Crippen LogP contribution in [0.25, 0.3) is 0 Å². The molecule has 0 amide bonds. The van der Waals surface area contributed by atoms with Gasteiger partial charge in [0.25, 0.3) is 0 Å². The first-order chi connectivity index (χ1) is 13.7. The van der Waals surface area contributed by atoms with Crippen LogP contribution in [0.4, 0.5) is 5.69 Å². The van der Waals surface area contributed by atoms with E-state index in [0.29, 0.717) is 11.8 Å². The van der Waals surface area contributed by atoms with Crippen LogP contribution in [-0.4, -0.2) is 0 Å². The molecular formula is C26H29NS.